The monoisotopic (exact) mass is 483 g/mol. The van der Waals surface area contributed by atoms with Gasteiger partial charge in [-0.25, -0.2) is 19.6 Å². The predicted octanol–water partition coefficient (Wildman–Crippen LogP) is 4.70. The molecule has 182 valence electrons. The van der Waals surface area contributed by atoms with Crippen molar-refractivity contribution in [1.29, 1.82) is 0 Å². The molecule has 0 saturated heterocycles. The molecule has 0 unspecified atom stereocenters. The summed E-state index contributed by atoms with van der Waals surface area (Å²) in [5.74, 6) is 2.13. The van der Waals surface area contributed by atoms with Gasteiger partial charge in [0.2, 0.25) is 0 Å². The van der Waals surface area contributed by atoms with Gasteiger partial charge in [-0.15, -0.1) is 0 Å². The number of aryl methyl sites for hydroxylation is 3. The third-order valence-electron chi connectivity index (χ3n) is 5.85. The van der Waals surface area contributed by atoms with Gasteiger partial charge in [0.25, 0.3) is 0 Å². The Kier molecular flexibility index (Phi) is 5.70. The summed E-state index contributed by atoms with van der Waals surface area (Å²) >= 11 is 0. The van der Waals surface area contributed by atoms with Crippen LogP contribution in [0.4, 0.5) is 19.0 Å². The Bertz CT molecular complexity index is 1390. The summed E-state index contributed by atoms with van der Waals surface area (Å²) in [6.07, 6.45) is -1.08. The summed E-state index contributed by atoms with van der Waals surface area (Å²) in [6.45, 7) is 5.95. The van der Waals surface area contributed by atoms with Crippen molar-refractivity contribution in [3.63, 3.8) is 0 Å². The number of anilines is 1. The lowest BCUT2D eigenvalue weighted by atomic mass is 10.1. The van der Waals surface area contributed by atoms with Crippen LogP contribution in [-0.2, 0) is 19.6 Å². The minimum atomic E-state index is -4.42. The number of benzene rings is 1. The molecule has 3 aromatic heterocycles. The van der Waals surface area contributed by atoms with Crippen molar-refractivity contribution in [2.75, 3.05) is 11.9 Å². The smallest absolute Gasteiger partial charge is 0.408 e. The zero-order valence-corrected chi connectivity index (χ0v) is 19.5. The fourth-order valence-corrected chi connectivity index (χ4v) is 4.01. The van der Waals surface area contributed by atoms with Crippen molar-refractivity contribution in [2.45, 2.75) is 46.6 Å². The highest BCUT2D eigenvalue weighted by Crippen LogP contribution is 2.35. The Hall–Kier alpha value is -3.89. The lowest BCUT2D eigenvalue weighted by Gasteiger charge is -2.11. The van der Waals surface area contributed by atoms with Crippen molar-refractivity contribution in [1.82, 2.24) is 29.3 Å². The number of fused-ring (bicyclic) bond motifs is 3. The number of ether oxygens (including phenoxy) is 1. The maximum Gasteiger partial charge on any atom is 0.408 e. The fraction of sp³-hybridized carbons (Fsp3) is 0.333. The van der Waals surface area contributed by atoms with E-state index in [1.165, 1.54) is 11.1 Å². The first kappa shape index (κ1) is 22.9. The van der Waals surface area contributed by atoms with E-state index in [-0.39, 0.29) is 11.6 Å². The van der Waals surface area contributed by atoms with Crippen molar-refractivity contribution < 1.29 is 17.9 Å². The summed E-state index contributed by atoms with van der Waals surface area (Å²) in [4.78, 5) is 13.3. The standard InChI is InChI=1S/C24H24F3N7O/c1-14-4-5-17(8-15(14)2)10-28-21-9-20-18(11-29-21)22-31-19(12-33(22)6-7-35-20)23-30-16(3)32-34(23)13-24(25,26)27/h4-5,8-9,11-12H,6-7,10,13H2,1-3H3,(H,28,29). The number of rotatable bonds is 5. The van der Waals surface area contributed by atoms with Gasteiger partial charge >= 0.3 is 6.18 Å². The molecule has 0 fully saturated rings. The Labute approximate surface area is 199 Å². The van der Waals surface area contributed by atoms with Crippen LogP contribution in [0.3, 0.4) is 0 Å². The van der Waals surface area contributed by atoms with E-state index in [9.17, 15) is 13.2 Å². The third-order valence-corrected chi connectivity index (χ3v) is 5.85. The molecule has 1 N–H and O–H groups in total. The van der Waals surface area contributed by atoms with Gasteiger partial charge in [-0.3, -0.25) is 0 Å². The quantitative estimate of drug-likeness (QED) is 0.443. The zero-order chi connectivity index (χ0) is 24.7. The van der Waals surface area contributed by atoms with Crippen molar-refractivity contribution >= 4 is 5.82 Å². The number of alkyl halides is 3. The van der Waals surface area contributed by atoms with Crippen LogP contribution in [0.5, 0.6) is 5.75 Å². The summed E-state index contributed by atoms with van der Waals surface area (Å²) in [5, 5.41) is 7.22. The molecule has 4 heterocycles. The van der Waals surface area contributed by atoms with E-state index in [4.69, 9.17) is 4.74 Å². The van der Waals surface area contributed by atoms with Crippen molar-refractivity contribution in [3.8, 4) is 28.7 Å². The molecular formula is C24H24F3N7O. The van der Waals surface area contributed by atoms with E-state index < -0.39 is 12.7 Å². The maximum atomic E-state index is 13.0. The Balaban J connectivity index is 1.42. The van der Waals surface area contributed by atoms with Crippen LogP contribution in [0.1, 0.15) is 22.5 Å². The van der Waals surface area contributed by atoms with Gasteiger partial charge in [0.1, 0.15) is 42.1 Å². The van der Waals surface area contributed by atoms with Crippen LogP contribution < -0.4 is 10.1 Å². The van der Waals surface area contributed by atoms with E-state index >= 15 is 0 Å². The first-order valence-electron chi connectivity index (χ1n) is 11.2. The molecule has 0 aliphatic carbocycles. The molecule has 0 spiro atoms. The molecule has 35 heavy (non-hydrogen) atoms. The molecule has 1 aromatic carbocycles. The summed E-state index contributed by atoms with van der Waals surface area (Å²) in [6, 6.07) is 8.12. The lowest BCUT2D eigenvalue weighted by molar-refractivity contribution is -0.142. The molecule has 11 heteroatoms. The number of pyridine rings is 1. The third kappa shape index (κ3) is 4.84. The van der Waals surface area contributed by atoms with Crippen LogP contribution in [0, 0.1) is 20.8 Å². The number of hydrogen-bond donors (Lipinski definition) is 1. The SMILES string of the molecule is Cc1nc(-c2cn3c(n2)-c2cnc(NCc4ccc(C)c(C)c4)cc2OCC3)n(CC(F)(F)F)n1. The predicted molar refractivity (Wildman–Crippen MR) is 124 cm³/mol. The van der Waals surface area contributed by atoms with Crippen LogP contribution in [0.15, 0.2) is 36.7 Å². The average Bonchev–Trinajstić information content (AvgIpc) is 3.32. The summed E-state index contributed by atoms with van der Waals surface area (Å²) < 4.78 is 47.7. The van der Waals surface area contributed by atoms with Crippen molar-refractivity contribution in [3.05, 3.63) is 59.2 Å². The molecule has 1 aliphatic heterocycles. The highest BCUT2D eigenvalue weighted by atomic mass is 19.4. The second kappa shape index (κ2) is 8.71. The molecule has 0 saturated carbocycles. The number of imidazole rings is 1. The maximum absolute atomic E-state index is 13.0. The Morgan fingerprint density at radius 2 is 1.89 bits per heavy atom. The van der Waals surface area contributed by atoms with Gasteiger partial charge in [-0.1, -0.05) is 18.2 Å². The Morgan fingerprint density at radius 3 is 2.66 bits per heavy atom. The second-order valence-electron chi connectivity index (χ2n) is 8.58. The summed E-state index contributed by atoms with van der Waals surface area (Å²) in [5.41, 5.74) is 4.58. The van der Waals surface area contributed by atoms with Crippen molar-refractivity contribution in [2.24, 2.45) is 0 Å². The number of hydrogen-bond acceptors (Lipinski definition) is 6. The molecule has 0 amide bonds. The van der Waals surface area contributed by atoms with Gasteiger partial charge < -0.3 is 14.6 Å². The highest BCUT2D eigenvalue weighted by Gasteiger charge is 2.31. The molecule has 0 atom stereocenters. The summed E-state index contributed by atoms with van der Waals surface area (Å²) in [7, 11) is 0. The van der Waals surface area contributed by atoms with Gasteiger partial charge in [0.05, 0.1) is 12.1 Å². The first-order chi connectivity index (χ1) is 16.7. The number of halogens is 3. The average molecular weight is 483 g/mol. The van der Waals surface area contributed by atoms with E-state index in [2.05, 4.69) is 57.4 Å². The first-order valence-corrected chi connectivity index (χ1v) is 11.2. The molecule has 4 aromatic rings. The van der Waals surface area contributed by atoms with Crippen LogP contribution in [0.2, 0.25) is 0 Å². The molecule has 5 rings (SSSR count). The minimum Gasteiger partial charge on any atom is -0.491 e. The largest absolute Gasteiger partial charge is 0.491 e. The Morgan fingerprint density at radius 1 is 1.06 bits per heavy atom. The number of nitrogens with zero attached hydrogens (tertiary/aromatic N) is 6. The van der Waals surface area contributed by atoms with E-state index in [0.717, 1.165) is 10.2 Å². The molecule has 0 bridgehead atoms. The van der Waals surface area contributed by atoms with Crippen LogP contribution in [0.25, 0.3) is 22.9 Å². The number of nitrogens with one attached hydrogen (secondary N) is 1. The fourth-order valence-electron chi connectivity index (χ4n) is 4.01. The minimum absolute atomic E-state index is 0.0718. The number of aromatic nitrogens is 6. The molecular weight excluding hydrogens is 459 g/mol. The van der Waals surface area contributed by atoms with Gasteiger partial charge in [-0.05, 0) is 37.5 Å². The lowest BCUT2D eigenvalue weighted by Crippen LogP contribution is -2.19. The van der Waals surface area contributed by atoms with Crippen LogP contribution in [-0.4, -0.2) is 42.1 Å². The van der Waals surface area contributed by atoms with Gasteiger partial charge in [0, 0.05) is 25.0 Å². The van der Waals surface area contributed by atoms with Gasteiger partial charge in [0.15, 0.2) is 5.82 Å². The van der Waals surface area contributed by atoms with Crippen LogP contribution >= 0.6 is 0 Å². The van der Waals surface area contributed by atoms with E-state index in [1.807, 2.05) is 10.6 Å². The van der Waals surface area contributed by atoms with E-state index in [1.54, 1.807) is 19.3 Å². The molecule has 8 nitrogen and oxygen atoms in total. The van der Waals surface area contributed by atoms with E-state index in [0.29, 0.717) is 48.3 Å². The highest BCUT2D eigenvalue weighted by molar-refractivity contribution is 5.69. The zero-order valence-electron chi connectivity index (χ0n) is 19.5. The second-order valence-corrected chi connectivity index (χ2v) is 8.58. The van der Waals surface area contributed by atoms with Gasteiger partial charge in [-0.2, -0.15) is 18.3 Å². The molecule has 1 aliphatic rings. The molecule has 0 radical (unpaired) electrons. The normalized spacial score (nSPS) is 13.1. The topological polar surface area (TPSA) is 82.7 Å².